The molecule has 1 atom stereocenters. The topological polar surface area (TPSA) is 78.4 Å². The number of aromatic nitrogens is 1. The van der Waals surface area contributed by atoms with Gasteiger partial charge < -0.3 is 15.0 Å². The van der Waals surface area contributed by atoms with E-state index in [1.54, 1.807) is 6.92 Å². The van der Waals surface area contributed by atoms with E-state index in [0.717, 1.165) is 0 Å². The van der Waals surface area contributed by atoms with E-state index >= 15 is 0 Å². The van der Waals surface area contributed by atoms with Gasteiger partial charge in [-0.3, -0.25) is 4.79 Å². The van der Waals surface area contributed by atoms with Crippen molar-refractivity contribution in [2.75, 3.05) is 7.11 Å². The van der Waals surface area contributed by atoms with E-state index in [4.69, 9.17) is 10.5 Å². The zero-order chi connectivity index (χ0) is 9.14. The SMILES string of the molecule is COc1cc(C(=O)C(C)N)on1. The molecule has 2 N–H and O–H groups in total. The van der Waals surface area contributed by atoms with Gasteiger partial charge in [0.2, 0.25) is 11.5 Å². The van der Waals surface area contributed by atoms with E-state index < -0.39 is 6.04 Å². The van der Waals surface area contributed by atoms with Crippen LogP contribution < -0.4 is 10.5 Å². The first-order valence-corrected chi connectivity index (χ1v) is 3.45. The van der Waals surface area contributed by atoms with Gasteiger partial charge in [-0.25, -0.2) is 0 Å². The predicted octanol–water partition coefficient (Wildman–Crippen LogP) is 0.213. The number of nitrogens with zero attached hydrogens (tertiary/aromatic N) is 1. The number of Topliss-reactive ketones (excluding diaryl/α,β-unsaturated/α-hetero) is 1. The Bertz CT molecular complexity index is 280. The van der Waals surface area contributed by atoms with Gasteiger partial charge in [-0.05, 0) is 12.1 Å². The van der Waals surface area contributed by atoms with Crippen LogP contribution in [-0.4, -0.2) is 24.1 Å². The Morgan fingerprint density at radius 1 is 1.83 bits per heavy atom. The van der Waals surface area contributed by atoms with Crippen LogP contribution >= 0.6 is 0 Å². The monoisotopic (exact) mass is 170 g/mol. The number of ether oxygens (including phenoxy) is 1. The molecule has 1 aromatic rings. The molecule has 0 aromatic carbocycles. The van der Waals surface area contributed by atoms with Crippen LogP contribution in [0.15, 0.2) is 10.6 Å². The van der Waals surface area contributed by atoms with Gasteiger partial charge in [0.25, 0.3) is 5.88 Å². The molecule has 0 spiro atoms. The number of carbonyl (C=O) groups excluding carboxylic acids is 1. The minimum absolute atomic E-state index is 0.127. The number of ketones is 1. The first-order chi connectivity index (χ1) is 5.65. The molecule has 0 radical (unpaired) electrons. The molecule has 1 rings (SSSR count). The summed E-state index contributed by atoms with van der Waals surface area (Å²) in [5.74, 6) is 0.117. The van der Waals surface area contributed by atoms with Crippen LogP contribution in [0.2, 0.25) is 0 Å². The van der Waals surface area contributed by atoms with Crippen LogP contribution in [0.4, 0.5) is 0 Å². The Labute approximate surface area is 69.5 Å². The number of methoxy groups -OCH3 is 1. The zero-order valence-corrected chi connectivity index (χ0v) is 6.90. The first kappa shape index (κ1) is 8.73. The second-order valence-corrected chi connectivity index (χ2v) is 2.39. The highest BCUT2D eigenvalue weighted by atomic mass is 16.5. The molecule has 0 saturated heterocycles. The Balaban J connectivity index is 2.82. The third-order valence-electron chi connectivity index (χ3n) is 1.35. The summed E-state index contributed by atoms with van der Waals surface area (Å²) in [7, 11) is 1.44. The maximum atomic E-state index is 11.2. The lowest BCUT2D eigenvalue weighted by atomic mass is 10.2. The average Bonchev–Trinajstić information content (AvgIpc) is 2.50. The van der Waals surface area contributed by atoms with Crippen molar-refractivity contribution >= 4 is 5.78 Å². The van der Waals surface area contributed by atoms with Gasteiger partial charge in [0.15, 0.2) is 0 Å². The second-order valence-electron chi connectivity index (χ2n) is 2.39. The lowest BCUT2D eigenvalue weighted by Gasteiger charge is -1.96. The highest BCUT2D eigenvalue weighted by Gasteiger charge is 2.16. The largest absolute Gasteiger partial charge is 0.479 e. The summed E-state index contributed by atoms with van der Waals surface area (Å²) >= 11 is 0. The normalized spacial score (nSPS) is 12.6. The van der Waals surface area contributed by atoms with Crippen LogP contribution in [0.1, 0.15) is 17.5 Å². The van der Waals surface area contributed by atoms with Gasteiger partial charge in [0.1, 0.15) is 0 Å². The molecule has 0 aliphatic heterocycles. The van der Waals surface area contributed by atoms with Crippen molar-refractivity contribution in [1.82, 2.24) is 5.16 Å². The zero-order valence-electron chi connectivity index (χ0n) is 6.90. The Morgan fingerprint density at radius 2 is 2.50 bits per heavy atom. The van der Waals surface area contributed by atoms with Crippen molar-refractivity contribution < 1.29 is 14.1 Å². The highest BCUT2D eigenvalue weighted by Crippen LogP contribution is 2.11. The van der Waals surface area contributed by atoms with Crippen molar-refractivity contribution in [1.29, 1.82) is 0 Å². The van der Waals surface area contributed by atoms with Crippen molar-refractivity contribution in [3.63, 3.8) is 0 Å². The van der Waals surface area contributed by atoms with E-state index in [0.29, 0.717) is 0 Å². The van der Waals surface area contributed by atoms with Crippen molar-refractivity contribution in [2.24, 2.45) is 5.73 Å². The van der Waals surface area contributed by atoms with E-state index in [1.807, 2.05) is 0 Å². The van der Waals surface area contributed by atoms with Crippen LogP contribution in [0.5, 0.6) is 5.88 Å². The number of rotatable bonds is 3. The minimum atomic E-state index is -0.581. The maximum absolute atomic E-state index is 11.2. The molecule has 0 aliphatic carbocycles. The van der Waals surface area contributed by atoms with Crippen molar-refractivity contribution in [3.05, 3.63) is 11.8 Å². The van der Waals surface area contributed by atoms with Gasteiger partial charge in [0, 0.05) is 0 Å². The van der Waals surface area contributed by atoms with Crippen molar-refractivity contribution in [3.8, 4) is 5.88 Å². The second kappa shape index (κ2) is 3.36. The van der Waals surface area contributed by atoms with Gasteiger partial charge >= 0.3 is 0 Å². The number of hydrogen-bond acceptors (Lipinski definition) is 5. The summed E-state index contributed by atoms with van der Waals surface area (Å²) < 4.78 is 9.40. The maximum Gasteiger partial charge on any atom is 0.254 e. The summed E-state index contributed by atoms with van der Waals surface area (Å²) in [5, 5.41) is 3.46. The third kappa shape index (κ3) is 1.62. The van der Waals surface area contributed by atoms with E-state index in [2.05, 4.69) is 9.68 Å². The molecule has 0 amide bonds. The lowest BCUT2D eigenvalue weighted by molar-refractivity contribution is 0.0931. The van der Waals surface area contributed by atoms with Gasteiger partial charge in [-0.15, -0.1) is 0 Å². The summed E-state index contributed by atoms with van der Waals surface area (Å²) in [6, 6.07) is 0.828. The number of carbonyl (C=O) groups is 1. The number of hydrogen-bond donors (Lipinski definition) is 1. The molecular weight excluding hydrogens is 160 g/mol. The fourth-order valence-corrected chi connectivity index (χ4v) is 0.696. The molecular formula is C7H10N2O3. The molecule has 0 saturated carbocycles. The van der Waals surface area contributed by atoms with Crippen molar-refractivity contribution in [2.45, 2.75) is 13.0 Å². The van der Waals surface area contributed by atoms with E-state index in [9.17, 15) is 4.79 Å². The fraction of sp³-hybridized carbons (Fsp3) is 0.429. The molecule has 12 heavy (non-hydrogen) atoms. The third-order valence-corrected chi connectivity index (χ3v) is 1.35. The lowest BCUT2D eigenvalue weighted by Crippen LogP contribution is -2.26. The highest BCUT2D eigenvalue weighted by molar-refractivity contribution is 5.97. The van der Waals surface area contributed by atoms with Crippen LogP contribution in [0, 0.1) is 0 Å². The first-order valence-electron chi connectivity index (χ1n) is 3.45. The molecule has 1 unspecified atom stereocenters. The molecule has 0 aliphatic rings. The smallest absolute Gasteiger partial charge is 0.254 e. The number of nitrogens with two attached hydrogens (primary N) is 1. The molecule has 1 heterocycles. The fourth-order valence-electron chi connectivity index (χ4n) is 0.696. The standard InChI is InChI=1S/C7H10N2O3/c1-4(8)7(10)5-3-6(11-2)9-12-5/h3-4H,8H2,1-2H3. The van der Waals surface area contributed by atoms with Crippen LogP contribution in [0.3, 0.4) is 0 Å². The summed E-state index contributed by atoms with van der Waals surface area (Å²) in [6.45, 7) is 1.58. The Morgan fingerprint density at radius 3 is 2.92 bits per heavy atom. The van der Waals surface area contributed by atoms with E-state index in [1.165, 1.54) is 13.2 Å². The van der Waals surface area contributed by atoms with Crippen LogP contribution in [0.25, 0.3) is 0 Å². The molecule has 5 nitrogen and oxygen atoms in total. The Kier molecular flexibility index (Phi) is 2.44. The average molecular weight is 170 g/mol. The van der Waals surface area contributed by atoms with Gasteiger partial charge in [-0.2, -0.15) is 0 Å². The molecule has 5 heteroatoms. The van der Waals surface area contributed by atoms with E-state index in [-0.39, 0.29) is 17.4 Å². The quantitative estimate of drug-likeness (QED) is 0.656. The van der Waals surface area contributed by atoms with Gasteiger partial charge in [-0.1, -0.05) is 0 Å². The van der Waals surface area contributed by atoms with Gasteiger partial charge in [0.05, 0.1) is 19.2 Å². The summed E-state index contributed by atoms with van der Waals surface area (Å²) in [6.07, 6.45) is 0. The predicted molar refractivity (Wildman–Crippen MR) is 41.0 cm³/mol. The molecule has 0 bridgehead atoms. The Hall–Kier alpha value is -1.36. The summed E-state index contributed by atoms with van der Waals surface area (Å²) in [4.78, 5) is 11.2. The molecule has 0 fully saturated rings. The summed E-state index contributed by atoms with van der Waals surface area (Å²) in [5.41, 5.74) is 5.34. The minimum Gasteiger partial charge on any atom is -0.479 e. The molecule has 1 aromatic heterocycles. The molecule has 66 valence electrons. The van der Waals surface area contributed by atoms with Crippen LogP contribution in [-0.2, 0) is 0 Å².